The number of hydrogen-bond donors (Lipinski definition) is 2. The average molecular weight is 471 g/mol. The molecule has 0 saturated carbocycles. The van der Waals surface area contributed by atoms with Crippen LogP contribution in [0.3, 0.4) is 0 Å². The fourth-order valence-electron chi connectivity index (χ4n) is 4.98. The topological polar surface area (TPSA) is 72.1 Å². The molecule has 35 heavy (non-hydrogen) atoms. The number of fused-ring (bicyclic) bond motifs is 1. The minimum Gasteiger partial charge on any atom is -0.497 e. The number of nitrogens with one attached hydrogen (secondary N) is 2. The fourth-order valence-corrected chi connectivity index (χ4v) is 4.98. The van der Waals surface area contributed by atoms with Gasteiger partial charge in [0.25, 0.3) is 0 Å². The number of hydrogen-bond acceptors (Lipinski definition) is 5. The molecule has 0 bridgehead atoms. The molecule has 0 spiro atoms. The molecule has 2 aromatic heterocycles. The second kappa shape index (κ2) is 10.9. The van der Waals surface area contributed by atoms with Crippen LogP contribution in [-0.4, -0.2) is 42.3 Å². The van der Waals surface area contributed by atoms with Crippen LogP contribution in [0.1, 0.15) is 48.4 Å². The lowest BCUT2D eigenvalue weighted by Gasteiger charge is -2.21. The Hall–Kier alpha value is -3.38. The molecule has 1 saturated heterocycles. The molecule has 1 aliphatic rings. The maximum Gasteiger partial charge on any atom is 0.156 e. The lowest BCUT2D eigenvalue weighted by Crippen LogP contribution is -2.21. The van der Waals surface area contributed by atoms with Gasteiger partial charge in [-0.1, -0.05) is 24.6 Å². The number of benzene rings is 2. The minimum atomic E-state index is 0.616. The molecule has 2 N–H and O–H groups in total. The average Bonchev–Trinajstić information content (AvgIpc) is 3.31. The molecule has 3 heterocycles. The number of methoxy groups -OCH3 is 2. The van der Waals surface area contributed by atoms with Crippen LogP contribution in [0, 0.1) is 0 Å². The van der Waals surface area contributed by atoms with Crippen molar-refractivity contribution in [2.45, 2.75) is 44.4 Å². The molecule has 6 nitrogen and oxygen atoms in total. The molecule has 1 atom stereocenters. The Morgan fingerprint density at radius 3 is 2.60 bits per heavy atom. The molecule has 4 aromatic rings. The van der Waals surface area contributed by atoms with Crippen LogP contribution in [0.4, 0.5) is 0 Å². The van der Waals surface area contributed by atoms with Gasteiger partial charge >= 0.3 is 0 Å². The Morgan fingerprint density at radius 1 is 0.914 bits per heavy atom. The molecule has 0 radical (unpaired) electrons. The van der Waals surface area contributed by atoms with Crippen LogP contribution in [-0.2, 0) is 12.8 Å². The summed E-state index contributed by atoms with van der Waals surface area (Å²) in [5.41, 5.74) is 7.55. The van der Waals surface area contributed by atoms with Crippen LogP contribution in [0.2, 0.25) is 0 Å². The summed E-state index contributed by atoms with van der Waals surface area (Å²) >= 11 is 0. The van der Waals surface area contributed by atoms with E-state index in [9.17, 15) is 0 Å². The minimum absolute atomic E-state index is 0.616. The van der Waals surface area contributed by atoms with Gasteiger partial charge in [-0.3, -0.25) is 0 Å². The first-order valence-corrected chi connectivity index (χ1v) is 12.6. The zero-order chi connectivity index (χ0) is 24.0. The third kappa shape index (κ3) is 5.65. The molecule has 1 aliphatic heterocycles. The molecular formula is C29H34N4O2. The zero-order valence-corrected chi connectivity index (χ0v) is 20.6. The molecular weight excluding hydrogens is 436 g/mol. The zero-order valence-electron chi connectivity index (χ0n) is 20.6. The first-order valence-electron chi connectivity index (χ1n) is 12.6. The van der Waals surface area contributed by atoms with E-state index in [2.05, 4.69) is 45.6 Å². The summed E-state index contributed by atoms with van der Waals surface area (Å²) in [7, 11) is 3.35. The van der Waals surface area contributed by atoms with Gasteiger partial charge in [-0.05, 0) is 92.1 Å². The van der Waals surface area contributed by atoms with E-state index in [-0.39, 0.29) is 0 Å². The summed E-state index contributed by atoms with van der Waals surface area (Å²) in [6, 6.07) is 17.1. The number of H-pyrrole nitrogens is 1. The van der Waals surface area contributed by atoms with E-state index < -0.39 is 0 Å². The lowest BCUT2D eigenvalue weighted by molar-refractivity contribution is 0.393. The molecule has 1 fully saturated rings. The summed E-state index contributed by atoms with van der Waals surface area (Å²) in [6.07, 6.45) is 8.52. The Kier molecular flexibility index (Phi) is 7.28. The quantitative estimate of drug-likeness (QED) is 0.364. The summed E-state index contributed by atoms with van der Waals surface area (Å²) in [4.78, 5) is 13.0. The Labute approximate surface area is 207 Å². The molecule has 0 amide bonds. The maximum absolute atomic E-state index is 5.40. The number of rotatable bonds is 7. The number of nitrogens with zero attached hydrogens (tertiary/aromatic N) is 2. The van der Waals surface area contributed by atoms with Crippen molar-refractivity contribution in [2.75, 3.05) is 27.3 Å². The van der Waals surface area contributed by atoms with Gasteiger partial charge < -0.3 is 19.8 Å². The van der Waals surface area contributed by atoms with Gasteiger partial charge in [0.1, 0.15) is 17.0 Å². The van der Waals surface area contributed by atoms with E-state index in [0.29, 0.717) is 5.92 Å². The highest BCUT2D eigenvalue weighted by Crippen LogP contribution is 2.31. The van der Waals surface area contributed by atoms with Crippen LogP contribution >= 0.6 is 0 Å². The Morgan fingerprint density at radius 2 is 1.77 bits per heavy atom. The molecule has 5 rings (SSSR count). The third-order valence-electron chi connectivity index (χ3n) is 6.96. The van der Waals surface area contributed by atoms with E-state index in [1.165, 1.54) is 36.8 Å². The predicted molar refractivity (Wildman–Crippen MR) is 140 cm³/mol. The number of aromatic amines is 1. The second-order valence-corrected chi connectivity index (χ2v) is 9.36. The van der Waals surface area contributed by atoms with Crippen molar-refractivity contribution in [1.29, 1.82) is 0 Å². The number of ether oxygens (including phenoxy) is 2. The highest BCUT2D eigenvalue weighted by atomic mass is 16.5. The van der Waals surface area contributed by atoms with Gasteiger partial charge in [-0.15, -0.1) is 0 Å². The summed E-state index contributed by atoms with van der Waals surface area (Å²) in [5, 5.41) is 3.55. The van der Waals surface area contributed by atoms with Crippen LogP contribution in [0.5, 0.6) is 11.5 Å². The standard InChI is InChI=1S/C29H34N4O2/c1-34-25-14-20(15-26(17-25)35-2)9-10-24-19-31-29-28(32-24)18-27(33-29)23-8-5-7-22(16-23)21-6-3-4-12-30-13-11-21/h5,7-8,14-19,21,30H,3-4,6,9-13H2,1-2H3,(H,31,33). The van der Waals surface area contributed by atoms with Gasteiger partial charge in [0.05, 0.1) is 26.1 Å². The van der Waals surface area contributed by atoms with E-state index in [4.69, 9.17) is 14.5 Å². The monoisotopic (exact) mass is 470 g/mol. The summed E-state index contributed by atoms with van der Waals surface area (Å²) in [5.74, 6) is 2.22. The van der Waals surface area contributed by atoms with Crippen molar-refractivity contribution < 1.29 is 9.47 Å². The van der Waals surface area contributed by atoms with Gasteiger partial charge in [0.15, 0.2) is 5.65 Å². The summed E-state index contributed by atoms with van der Waals surface area (Å²) < 4.78 is 10.8. The molecule has 1 unspecified atom stereocenters. The van der Waals surface area contributed by atoms with Gasteiger partial charge in [-0.2, -0.15) is 0 Å². The second-order valence-electron chi connectivity index (χ2n) is 9.36. The molecule has 182 valence electrons. The SMILES string of the molecule is COc1cc(CCc2cnc3[nH]c(-c4cccc(C5CCCCNCC5)c4)cc3n2)cc(OC)c1. The van der Waals surface area contributed by atoms with Crippen LogP contribution < -0.4 is 14.8 Å². The Balaban J connectivity index is 1.33. The Bertz CT molecular complexity index is 1250. The smallest absolute Gasteiger partial charge is 0.156 e. The largest absolute Gasteiger partial charge is 0.497 e. The number of aryl methyl sites for hydroxylation is 2. The summed E-state index contributed by atoms with van der Waals surface area (Å²) in [6.45, 7) is 2.25. The number of aromatic nitrogens is 3. The fraction of sp³-hybridized carbons (Fsp3) is 0.379. The van der Waals surface area contributed by atoms with Gasteiger partial charge in [0, 0.05) is 11.8 Å². The van der Waals surface area contributed by atoms with Crippen molar-refractivity contribution in [3.8, 4) is 22.8 Å². The molecule has 0 aliphatic carbocycles. The maximum atomic E-state index is 5.40. The molecule has 6 heteroatoms. The van der Waals surface area contributed by atoms with Crippen molar-refractivity contribution in [1.82, 2.24) is 20.3 Å². The van der Waals surface area contributed by atoms with Gasteiger partial charge in [0.2, 0.25) is 0 Å². The van der Waals surface area contributed by atoms with E-state index in [0.717, 1.165) is 65.5 Å². The van der Waals surface area contributed by atoms with Crippen LogP contribution in [0.25, 0.3) is 22.4 Å². The predicted octanol–water partition coefficient (Wildman–Crippen LogP) is 5.67. The first-order chi connectivity index (χ1) is 17.2. The normalized spacial score (nSPS) is 16.6. The highest BCUT2D eigenvalue weighted by Gasteiger charge is 2.15. The van der Waals surface area contributed by atoms with Crippen molar-refractivity contribution in [2.24, 2.45) is 0 Å². The first kappa shape index (κ1) is 23.4. The molecule has 2 aromatic carbocycles. The van der Waals surface area contributed by atoms with Crippen molar-refractivity contribution in [3.05, 3.63) is 71.5 Å². The van der Waals surface area contributed by atoms with E-state index >= 15 is 0 Å². The lowest BCUT2D eigenvalue weighted by atomic mass is 9.88. The third-order valence-corrected chi connectivity index (χ3v) is 6.96. The van der Waals surface area contributed by atoms with Crippen LogP contribution in [0.15, 0.2) is 54.7 Å². The van der Waals surface area contributed by atoms with E-state index in [1.54, 1.807) is 14.2 Å². The van der Waals surface area contributed by atoms with Crippen molar-refractivity contribution in [3.63, 3.8) is 0 Å². The van der Waals surface area contributed by atoms with Gasteiger partial charge in [-0.25, -0.2) is 9.97 Å². The van der Waals surface area contributed by atoms with E-state index in [1.807, 2.05) is 24.4 Å². The highest BCUT2D eigenvalue weighted by molar-refractivity contribution is 5.79. The van der Waals surface area contributed by atoms with Crippen molar-refractivity contribution >= 4 is 11.2 Å².